The molecule has 8 aliphatic rings. The van der Waals surface area contributed by atoms with E-state index in [1.165, 1.54) is 78.0 Å². The minimum atomic E-state index is -0.776. The molecular weight excluding hydrogens is 569 g/mol. The van der Waals surface area contributed by atoms with Crippen molar-refractivity contribution in [3.63, 3.8) is 0 Å². The van der Waals surface area contributed by atoms with Crippen LogP contribution in [-0.4, -0.2) is 12.7 Å². The van der Waals surface area contributed by atoms with Crippen molar-refractivity contribution in [1.82, 2.24) is 0 Å². The third-order valence-electron chi connectivity index (χ3n) is 9.90. The predicted molar refractivity (Wildman–Crippen MR) is 197 cm³/mol. The Hall–Kier alpha value is -5.50. The molecule has 0 amide bonds. The van der Waals surface area contributed by atoms with Crippen molar-refractivity contribution in [1.29, 1.82) is 0 Å². The quantitative estimate of drug-likeness (QED) is 0.281. The van der Waals surface area contributed by atoms with Gasteiger partial charge in [0.25, 0.3) is 0 Å². The SMILES string of the molecule is CCC(OC)(C1=CC=CC1=C1C=CC=C1)C(C1=CC=CC1=C1C=CC=C1)=C(C1=CC=CC1=C1C=CC=C1)C1=CC=CC1=C1C=CC=C1. The first-order valence-corrected chi connectivity index (χ1v) is 16.5. The highest BCUT2D eigenvalue weighted by molar-refractivity contribution is 5.82. The second-order valence-electron chi connectivity index (χ2n) is 12.2. The number of ether oxygens (including phenoxy) is 1. The summed E-state index contributed by atoms with van der Waals surface area (Å²) < 4.78 is 7.01. The van der Waals surface area contributed by atoms with E-state index in [9.17, 15) is 0 Å². The van der Waals surface area contributed by atoms with Crippen molar-refractivity contribution in [2.45, 2.75) is 18.9 Å². The summed E-state index contributed by atoms with van der Waals surface area (Å²) in [6.45, 7) is 2.26. The van der Waals surface area contributed by atoms with Gasteiger partial charge in [0, 0.05) is 12.7 Å². The summed E-state index contributed by atoms with van der Waals surface area (Å²) in [5.74, 6) is 0. The second-order valence-corrected chi connectivity index (χ2v) is 12.2. The fourth-order valence-electron chi connectivity index (χ4n) is 7.73. The van der Waals surface area contributed by atoms with Gasteiger partial charge in [-0.1, -0.05) is 177 Å². The van der Waals surface area contributed by atoms with E-state index >= 15 is 0 Å². The average molecular weight is 605 g/mol. The fraction of sp³-hybridized carbons (Fsp3) is 0.0870. The second kappa shape index (κ2) is 12.0. The maximum atomic E-state index is 7.01. The Bertz CT molecular complexity index is 2020. The van der Waals surface area contributed by atoms with Gasteiger partial charge in [-0.25, -0.2) is 0 Å². The van der Waals surface area contributed by atoms with Crippen LogP contribution in [0.5, 0.6) is 0 Å². The van der Waals surface area contributed by atoms with E-state index in [0.29, 0.717) is 0 Å². The minimum Gasteiger partial charge on any atom is -0.369 e. The van der Waals surface area contributed by atoms with Crippen molar-refractivity contribution in [2.24, 2.45) is 0 Å². The van der Waals surface area contributed by atoms with E-state index in [-0.39, 0.29) is 0 Å². The molecule has 1 nitrogen and oxygen atoms in total. The molecule has 0 aromatic heterocycles. The van der Waals surface area contributed by atoms with Crippen LogP contribution in [0.15, 0.2) is 248 Å². The summed E-state index contributed by atoms with van der Waals surface area (Å²) in [7, 11) is 1.89. The van der Waals surface area contributed by atoms with E-state index in [1.54, 1.807) is 0 Å². The molecule has 0 saturated carbocycles. The van der Waals surface area contributed by atoms with Crippen LogP contribution >= 0.6 is 0 Å². The molecule has 1 unspecified atom stereocenters. The zero-order valence-electron chi connectivity index (χ0n) is 26.8. The maximum absolute atomic E-state index is 7.01. The van der Waals surface area contributed by atoms with E-state index < -0.39 is 5.60 Å². The lowest BCUT2D eigenvalue weighted by atomic mass is 9.70. The van der Waals surface area contributed by atoms with E-state index in [2.05, 4.69) is 177 Å². The molecule has 0 aromatic rings. The summed E-state index contributed by atoms with van der Waals surface area (Å²) in [5.41, 5.74) is 16.1. The van der Waals surface area contributed by atoms with Gasteiger partial charge in [-0.05, 0) is 78.9 Å². The average Bonchev–Trinajstić information content (AvgIpc) is 3.96. The maximum Gasteiger partial charge on any atom is 0.119 e. The molecule has 0 aliphatic heterocycles. The summed E-state index contributed by atoms with van der Waals surface area (Å²) >= 11 is 0. The van der Waals surface area contributed by atoms with Crippen molar-refractivity contribution in [3.8, 4) is 0 Å². The largest absolute Gasteiger partial charge is 0.369 e. The molecule has 1 atom stereocenters. The molecule has 1 heteroatoms. The summed E-state index contributed by atoms with van der Waals surface area (Å²) in [4.78, 5) is 0. The molecule has 8 rings (SSSR count). The number of allylic oxidation sites excluding steroid dienone is 38. The van der Waals surface area contributed by atoms with Gasteiger partial charge >= 0.3 is 0 Å². The van der Waals surface area contributed by atoms with Gasteiger partial charge in [0.1, 0.15) is 5.60 Å². The van der Waals surface area contributed by atoms with Crippen LogP contribution in [0.4, 0.5) is 0 Å². The first-order chi connectivity index (χ1) is 23.2. The zero-order valence-corrected chi connectivity index (χ0v) is 26.8. The third kappa shape index (κ3) is 4.74. The summed E-state index contributed by atoms with van der Waals surface area (Å²) in [6, 6.07) is 0. The molecule has 8 aliphatic carbocycles. The van der Waals surface area contributed by atoms with Gasteiger partial charge < -0.3 is 4.74 Å². The van der Waals surface area contributed by atoms with Crippen molar-refractivity contribution < 1.29 is 4.74 Å². The Morgan fingerprint density at radius 2 is 0.809 bits per heavy atom. The summed E-state index contributed by atoms with van der Waals surface area (Å²) in [5, 5.41) is 0. The monoisotopic (exact) mass is 604 g/mol. The Labute approximate surface area is 278 Å². The van der Waals surface area contributed by atoms with Gasteiger partial charge in [0.05, 0.1) is 0 Å². The van der Waals surface area contributed by atoms with Crippen LogP contribution in [0.25, 0.3) is 0 Å². The standard InChI is InChI=1S/C46H36O/c1-3-46(47-2,43-31-15-27-39(43)35-22-10-11-23-35)45(42-30-14-26-38(42)34-20-8-9-21-34)44(40-28-12-24-36(40)32-16-4-5-17-32)41-29-13-25-37(41)33-18-6-7-19-33/h4-31H,3H2,1-2H3. The minimum absolute atomic E-state index is 0.741. The fourth-order valence-corrected chi connectivity index (χ4v) is 7.73. The highest BCUT2D eigenvalue weighted by Gasteiger charge is 2.45. The first-order valence-electron chi connectivity index (χ1n) is 16.5. The summed E-state index contributed by atoms with van der Waals surface area (Å²) in [6.07, 6.45) is 62.3. The lowest BCUT2D eigenvalue weighted by Gasteiger charge is -2.40. The van der Waals surface area contributed by atoms with Crippen molar-refractivity contribution >= 4 is 0 Å². The molecule has 0 fully saturated rings. The molecule has 0 spiro atoms. The van der Waals surface area contributed by atoms with Crippen LogP contribution < -0.4 is 0 Å². The lowest BCUT2D eigenvalue weighted by Crippen LogP contribution is -2.38. The van der Waals surface area contributed by atoms with Crippen LogP contribution in [-0.2, 0) is 4.74 Å². The highest BCUT2D eigenvalue weighted by atomic mass is 16.5. The molecule has 226 valence electrons. The highest BCUT2D eigenvalue weighted by Crippen LogP contribution is 2.53. The third-order valence-corrected chi connectivity index (χ3v) is 9.90. The molecule has 47 heavy (non-hydrogen) atoms. The van der Waals surface area contributed by atoms with Gasteiger partial charge in [-0.15, -0.1) is 0 Å². The molecule has 0 saturated heterocycles. The lowest BCUT2D eigenvalue weighted by molar-refractivity contribution is 0.0542. The normalized spacial score (nSPS) is 22.2. The number of methoxy groups -OCH3 is 1. The number of rotatable bonds is 7. The van der Waals surface area contributed by atoms with Gasteiger partial charge in [0.15, 0.2) is 0 Å². The van der Waals surface area contributed by atoms with Crippen molar-refractivity contribution in [2.75, 3.05) is 7.11 Å². The number of hydrogen-bond acceptors (Lipinski definition) is 1. The molecule has 0 radical (unpaired) electrons. The first kappa shape index (κ1) is 28.9. The number of hydrogen-bond donors (Lipinski definition) is 0. The Morgan fingerprint density at radius 1 is 0.447 bits per heavy atom. The predicted octanol–water partition coefficient (Wildman–Crippen LogP) is 10.8. The van der Waals surface area contributed by atoms with Crippen molar-refractivity contribution in [3.05, 3.63) is 248 Å². The Balaban J connectivity index is 1.50. The van der Waals surface area contributed by atoms with Gasteiger partial charge in [-0.2, -0.15) is 0 Å². The van der Waals surface area contributed by atoms with Crippen LogP contribution in [0.1, 0.15) is 13.3 Å². The molecular formula is C46H36O. The van der Waals surface area contributed by atoms with Gasteiger partial charge in [-0.3, -0.25) is 0 Å². The van der Waals surface area contributed by atoms with Crippen LogP contribution in [0.3, 0.4) is 0 Å². The van der Waals surface area contributed by atoms with Gasteiger partial charge in [0.2, 0.25) is 0 Å². The van der Waals surface area contributed by atoms with Crippen LogP contribution in [0.2, 0.25) is 0 Å². The Kier molecular flexibility index (Phi) is 7.40. The molecule has 0 heterocycles. The van der Waals surface area contributed by atoms with Crippen LogP contribution in [0, 0.1) is 0 Å². The molecule has 0 bridgehead atoms. The molecule has 0 aromatic carbocycles. The zero-order chi connectivity index (χ0) is 31.8. The van der Waals surface area contributed by atoms with E-state index in [4.69, 9.17) is 4.74 Å². The molecule has 0 N–H and O–H groups in total. The smallest absolute Gasteiger partial charge is 0.119 e. The van der Waals surface area contributed by atoms with E-state index in [0.717, 1.165) is 6.42 Å². The van der Waals surface area contributed by atoms with E-state index in [1.807, 2.05) is 7.11 Å². The Morgan fingerprint density at radius 3 is 1.23 bits per heavy atom. The topological polar surface area (TPSA) is 9.23 Å².